The summed E-state index contributed by atoms with van der Waals surface area (Å²) in [7, 11) is 1.47. The van der Waals surface area contributed by atoms with Gasteiger partial charge in [0.1, 0.15) is 6.61 Å². The Hall–Kier alpha value is -1.77. The maximum atomic E-state index is 11.0. The summed E-state index contributed by atoms with van der Waals surface area (Å²) in [5.41, 5.74) is 0.965. The quantitative estimate of drug-likeness (QED) is 0.415. The smallest absolute Gasteiger partial charge is 0.334 e. The minimum Gasteiger partial charge on any atom is -0.504 e. The molecule has 0 spiro atoms. The lowest BCUT2D eigenvalue weighted by molar-refractivity contribution is -0.139. The third-order valence-electron chi connectivity index (χ3n) is 1.56. The van der Waals surface area contributed by atoms with E-state index >= 15 is 0 Å². The molecule has 14 heavy (non-hydrogen) atoms. The van der Waals surface area contributed by atoms with Crippen LogP contribution in [0.3, 0.4) is 0 Å². The van der Waals surface area contributed by atoms with E-state index in [1.54, 1.807) is 0 Å². The topological polar surface area (TPSA) is 35.5 Å². The first kappa shape index (κ1) is 10.3. The van der Waals surface area contributed by atoms with E-state index in [4.69, 9.17) is 4.74 Å². The summed E-state index contributed by atoms with van der Waals surface area (Å²) in [5.74, 6) is -0.407. The third kappa shape index (κ3) is 3.76. The molecule has 0 saturated carbocycles. The average Bonchev–Trinajstić information content (AvgIpc) is 2.25. The molecule has 3 heteroatoms. The first-order chi connectivity index (χ1) is 6.83. The van der Waals surface area contributed by atoms with Crippen molar-refractivity contribution in [1.29, 1.82) is 0 Å². The second-order valence-corrected chi connectivity index (χ2v) is 2.63. The maximum Gasteiger partial charge on any atom is 0.334 e. The first-order valence-electron chi connectivity index (χ1n) is 4.23. The normalized spacial score (nSPS) is 10.1. The molecule has 0 aliphatic carbocycles. The molecule has 3 nitrogen and oxygen atoms in total. The van der Waals surface area contributed by atoms with Gasteiger partial charge in [0.25, 0.3) is 0 Å². The number of carbonyl (C=O) groups excluding carboxylic acids is 1. The van der Waals surface area contributed by atoms with Gasteiger partial charge in [-0.3, -0.25) is 0 Å². The van der Waals surface area contributed by atoms with Gasteiger partial charge in [0.2, 0.25) is 0 Å². The van der Waals surface area contributed by atoms with Crippen molar-refractivity contribution in [3.63, 3.8) is 0 Å². The van der Waals surface area contributed by atoms with Gasteiger partial charge in [-0.1, -0.05) is 30.3 Å². The number of hydrogen-bond acceptors (Lipinski definition) is 3. The molecule has 0 aromatic heterocycles. The van der Waals surface area contributed by atoms with Crippen LogP contribution in [-0.2, 0) is 20.9 Å². The van der Waals surface area contributed by atoms with E-state index in [1.165, 1.54) is 19.4 Å². The van der Waals surface area contributed by atoms with Crippen LogP contribution in [0.2, 0.25) is 0 Å². The van der Waals surface area contributed by atoms with Crippen LogP contribution in [0.5, 0.6) is 0 Å². The van der Waals surface area contributed by atoms with E-state index in [0.29, 0.717) is 0 Å². The van der Waals surface area contributed by atoms with E-state index < -0.39 is 5.97 Å². The Balaban J connectivity index is 2.34. The molecule has 1 aromatic rings. The predicted octanol–water partition coefficient (Wildman–Crippen LogP) is 1.89. The van der Waals surface area contributed by atoms with Crippen molar-refractivity contribution in [2.45, 2.75) is 6.61 Å². The zero-order valence-corrected chi connectivity index (χ0v) is 7.97. The molecular weight excluding hydrogens is 180 g/mol. The van der Waals surface area contributed by atoms with Gasteiger partial charge in [0.15, 0.2) is 0 Å². The maximum absolute atomic E-state index is 11.0. The Morgan fingerprint density at radius 2 is 2.07 bits per heavy atom. The molecule has 0 fully saturated rings. The summed E-state index contributed by atoms with van der Waals surface area (Å²) >= 11 is 0. The summed E-state index contributed by atoms with van der Waals surface area (Å²) in [4.78, 5) is 11.0. The number of methoxy groups -OCH3 is 1. The molecule has 0 bridgehead atoms. The Bertz CT molecular complexity index is 304. The van der Waals surface area contributed by atoms with Crippen LogP contribution in [-0.4, -0.2) is 13.1 Å². The van der Waals surface area contributed by atoms with Crippen LogP contribution >= 0.6 is 0 Å². The van der Waals surface area contributed by atoms with Crippen molar-refractivity contribution in [1.82, 2.24) is 0 Å². The Morgan fingerprint density at radius 1 is 1.36 bits per heavy atom. The van der Waals surface area contributed by atoms with Crippen LogP contribution in [0.4, 0.5) is 0 Å². The van der Waals surface area contributed by atoms with Gasteiger partial charge in [0, 0.05) is 0 Å². The third-order valence-corrected chi connectivity index (χ3v) is 1.56. The van der Waals surface area contributed by atoms with Crippen LogP contribution < -0.4 is 0 Å². The molecule has 74 valence electrons. The molecule has 0 unspecified atom stereocenters. The zero-order valence-electron chi connectivity index (χ0n) is 7.97. The van der Waals surface area contributed by atoms with Crippen molar-refractivity contribution >= 4 is 5.97 Å². The highest BCUT2D eigenvalue weighted by molar-refractivity contribution is 5.81. The molecule has 0 heterocycles. The van der Waals surface area contributed by atoms with Gasteiger partial charge in [0.05, 0.1) is 19.4 Å². The summed E-state index contributed by atoms with van der Waals surface area (Å²) in [6.07, 6.45) is 2.52. The van der Waals surface area contributed by atoms with Gasteiger partial charge in [-0.2, -0.15) is 0 Å². The van der Waals surface area contributed by atoms with Gasteiger partial charge in [-0.05, 0) is 5.56 Å². The molecule has 0 atom stereocenters. The zero-order chi connectivity index (χ0) is 10.2. The molecule has 1 rings (SSSR count). The van der Waals surface area contributed by atoms with Gasteiger partial charge >= 0.3 is 5.97 Å². The van der Waals surface area contributed by atoms with E-state index in [1.807, 2.05) is 30.3 Å². The fourth-order valence-corrected chi connectivity index (χ4v) is 0.900. The number of rotatable bonds is 4. The fourth-order valence-electron chi connectivity index (χ4n) is 0.900. The largest absolute Gasteiger partial charge is 0.504 e. The van der Waals surface area contributed by atoms with Crippen LogP contribution in [0, 0.1) is 0 Å². The molecule has 0 saturated heterocycles. The minimum absolute atomic E-state index is 0.285. The summed E-state index contributed by atoms with van der Waals surface area (Å²) in [5, 5.41) is 0. The highest BCUT2D eigenvalue weighted by Crippen LogP contribution is 2.00. The molecule has 0 aliphatic heterocycles. The Labute approximate surface area is 83.0 Å². The number of esters is 1. The van der Waals surface area contributed by atoms with Gasteiger partial charge < -0.3 is 9.47 Å². The molecular formula is C11H12O3. The lowest BCUT2D eigenvalue weighted by Crippen LogP contribution is -2.00. The van der Waals surface area contributed by atoms with Crippen molar-refractivity contribution in [2.24, 2.45) is 0 Å². The van der Waals surface area contributed by atoms with Gasteiger partial charge in [-0.25, -0.2) is 4.79 Å². The van der Waals surface area contributed by atoms with Crippen molar-refractivity contribution < 1.29 is 14.3 Å². The standard InChI is InChI=1S/C11H12O3/c1-13-8-7-11(12)14-9-10-5-3-2-4-6-10/h2-8H,9H2,1H3. The highest BCUT2D eigenvalue weighted by atomic mass is 16.5. The number of hydrogen-bond donors (Lipinski definition) is 0. The highest BCUT2D eigenvalue weighted by Gasteiger charge is 1.97. The average molecular weight is 192 g/mol. The van der Waals surface area contributed by atoms with Crippen molar-refractivity contribution in [3.05, 3.63) is 48.2 Å². The summed E-state index contributed by atoms with van der Waals surface area (Å²) < 4.78 is 9.51. The number of ether oxygens (including phenoxy) is 2. The predicted molar refractivity (Wildman–Crippen MR) is 52.4 cm³/mol. The summed E-state index contributed by atoms with van der Waals surface area (Å²) in [6, 6.07) is 9.50. The first-order valence-corrected chi connectivity index (χ1v) is 4.23. The van der Waals surface area contributed by atoms with Crippen molar-refractivity contribution in [2.75, 3.05) is 7.11 Å². The van der Waals surface area contributed by atoms with E-state index in [9.17, 15) is 4.79 Å². The second kappa shape index (κ2) is 5.80. The molecule has 0 aliphatic rings. The van der Waals surface area contributed by atoms with E-state index in [0.717, 1.165) is 5.56 Å². The number of carbonyl (C=O) groups is 1. The monoisotopic (exact) mass is 192 g/mol. The van der Waals surface area contributed by atoms with Gasteiger partial charge in [-0.15, -0.1) is 0 Å². The van der Waals surface area contributed by atoms with Crippen molar-refractivity contribution in [3.8, 4) is 0 Å². The lowest BCUT2D eigenvalue weighted by Gasteiger charge is -2.00. The number of benzene rings is 1. The summed E-state index contributed by atoms with van der Waals surface area (Å²) in [6.45, 7) is 0.285. The molecule has 0 amide bonds. The van der Waals surface area contributed by atoms with Crippen LogP contribution in [0.15, 0.2) is 42.7 Å². The SMILES string of the molecule is COC=CC(=O)OCc1ccccc1. The molecule has 0 radical (unpaired) electrons. The molecule has 0 N–H and O–H groups in total. The Kier molecular flexibility index (Phi) is 4.27. The van der Waals surface area contributed by atoms with Crippen LogP contribution in [0.1, 0.15) is 5.56 Å². The lowest BCUT2D eigenvalue weighted by atomic mass is 10.2. The second-order valence-electron chi connectivity index (χ2n) is 2.63. The van der Waals surface area contributed by atoms with E-state index in [-0.39, 0.29) is 6.61 Å². The molecule has 1 aromatic carbocycles. The van der Waals surface area contributed by atoms with Crippen LogP contribution in [0.25, 0.3) is 0 Å². The Morgan fingerprint density at radius 3 is 2.71 bits per heavy atom. The minimum atomic E-state index is -0.407. The fraction of sp³-hybridized carbons (Fsp3) is 0.182. The van der Waals surface area contributed by atoms with E-state index in [2.05, 4.69) is 4.74 Å².